The molecule has 0 fully saturated rings. The molecule has 0 aliphatic carbocycles. The average molecular weight is 323 g/mol. The Labute approximate surface area is 129 Å². The van der Waals surface area contributed by atoms with E-state index in [2.05, 4.69) is 32.2 Å². The molecule has 3 aromatic heterocycles. The van der Waals surface area contributed by atoms with Gasteiger partial charge < -0.3 is 9.67 Å². The van der Waals surface area contributed by atoms with Crippen molar-refractivity contribution in [3.05, 3.63) is 39.8 Å². The second-order valence-corrected chi connectivity index (χ2v) is 6.77. The molecule has 0 aromatic carbocycles. The minimum absolute atomic E-state index is 0.0169. The quantitative estimate of drug-likeness (QED) is 0.731. The van der Waals surface area contributed by atoms with Crippen molar-refractivity contribution in [2.75, 3.05) is 0 Å². The standard InChI is InChI=1S/C13H13N3OS3/c1-16-11(5-17)4-14-13(16)20-8-10-7-19-12(15-10)9-2-3-18-6-9/h2-4,6-7,17H,5,8H2,1H3. The molecule has 0 saturated heterocycles. The Kier molecular flexibility index (Phi) is 4.21. The van der Waals surface area contributed by atoms with Crippen LogP contribution in [-0.2, 0) is 19.4 Å². The van der Waals surface area contributed by atoms with E-state index in [1.54, 1.807) is 40.6 Å². The Hall–Kier alpha value is -1.15. The summed E-state index contributed by atoms with van der Waals surface area (Å²) in [5, 5.41) is 17.4. The molecule has 3 aromatic rings. The van der Waals surface area contributed by atoms with E-state index in [-0.39, 0.29) is 6.61 Å². The maximum absolute atomic E-state index is 9.15. The molecule has 1 N–H and O–H groups in total. The van der Waals surface area contributed by atoms with Crippen LogP contribution in [0, 0.1) is 0 Å². The topological polar surface area (TPSA) is 50.9 Å². The normalized spacial score (nSPS) is 11.1. The number of aliphatic hydroxyl groups is 1. The predicted molar refractivity (Wildman–Crippen MR) is 84.1 cm³/mol. The lowest BCUT2D eigenvalue weighted by molar-refractivity contribution is 0.271. The van der Waals surface area contributed by atoms with E-state index in [4.69, 9.17) is 5.11 Å². The fourth-order valence-corrected chi connectivity index (χ4v) is 4.24. The van der Waals surface area contributed by atoms with Crippen molar-refractivity contribution < 1.29 is 5.11 Å². The minimum atomic E-state index is 0.0169. The maximum atomic E-state index is 9.15. The van der Waals surface area contributed by atoms with Crippen molar-refractivity contribution in [3.8, 4) is 10.6 Å². The lowest BCUT2D eigenvalue weighted by Gasteiger charge is -2.02. The van der Waals surface area contributed by atoms with Crippen LogP contribution in [0.15, 0.2) is 33.6 Å². The molecule has 3 rings (SSSR count). The third-order valence-electron chi connectivity index (χ3n) is 2.87. The highest BCUT2D eigenvalue weighted by atomic mass is 32.2. The number of hydrogen-bond acceptors (Lipinski definition) is 6. The highest BCUT2D eigenvalue weighted by molar-refractivity contribution is 7.98. The first kappa shape index (κ1) is 13.8. The fourth-order valence-electron chi connectivity index (χ4n) is 1.74. The van der Waals surface area contributed by atoms with Crippen LogP contribution in [0.3, 0.4) is 0 Å². The number of thioether (sulfide) groups is 1. The van der Waals surface area contributed by atoms with E-state index in [1.165, 1.54) is 5.56 Å². The van der Waals surface area contributed by atoms with Crippen molar-refractivity contribution in [1.82, 2.24) is 14.5 Å². The van der Waals surface area contributed by atoms with Crippen LogP contribution in [-0.4, -0.2) is 19.6 Å². The SMILES string of the molecule is Cn1c(CO)cnc1SCc1csc(-c2ccsc2)n1. The molecule has 0 aliphatic rings. The van der Waals surface area contributed by atoms with Crippen molar-refractivity contribution in [2.24, 2.45) is 7.05 Å². The van der Waals surface area contributed by atoms with E-state index in [0.29, 0.717) is 0 Å². The number of aromatic nitrogens is 3. The Bertz CT molecular complexity index is 688. The monoisotopic (exact) mass is 323 g/mol. The highest BCUT2D eigenvalue weighted by Crippen LogP contribution is 2.28. The first-order valence-electron chi connectivity index (χ1n) is 5.99. The molecule has 0 bridgehead atoms. The molecule has 0 aliphatic heterocycles. The predicted octanol–water partition coefficient (Wildman–Crippen LogP) is 3.39. The van der Waals surface area contributed by atoms with Crippen LogP contribution >= 0.6 is 34.4 Å². The summed E-state index contributed by atoms with van der Waals surface area (Å²) in [6, 6.07) is 2.09. The van der Waals surface area contributed by atoms with E-state index in [0.717, 1.165) is 27.3 Å². The maximum Gasteiger partial charge on any atom is 0.168 e. The number of nitrogens with zero attached hydrogens (tertiary/aromatic N) is 3. The van der Waals surface area contributed by atoms with Crippen LogP contribution in [0.1, 0.15) is 11.4 Å². The molecule has 0 amide bonds. The second kappa shape index (κ2) is 6.09. The number of thiophene rings is 1. The summed E-state index contributed by atoms with van der Waals surface area (Å²) in [5.74, 6) is 0.788. The molecular formula is C13H13N3OS3. The van der Waals surface area contributed by atoms with Crippen molar-refractivity contribution >= 4 is 34.4 Å². The van der Waals surface area contributed by atoms with Crippen molar-refractivity contribution in [1.29, 1.82) is 0 Å². The zero-order chi connectivity index (χ0) is 13.9. The Balaban J connectivity index is 1.68. The number of rotatable bonds is 5. The summed E-state index contributed by atoms with van der Waals surface area (Å²) in [7, 11) is 1.92. The van der Waals surface area contributed by atoms with Crippen LogP contribution in [0.4, 0.5) is 0 Å². The second-order valence-electron chi connectivity index (χ2n) is 4.19. The lowest BCUT2D eigenvalue weighted by Crippen LogP contribution is -1.97. The molecule has 3 heterocycles. The smallest absolute Gasteiger partial charge is 0.168 e. The van der Waals surface area contributed by atoms with E-state index in [9.17, 15) is 0 Å². The third kappa shape index (κ3) is 2.80. The van der Waals surface area contributed by atoms with Gasteiger partial charge in [0.05, 0.1) is 24.2 Å². The molecule has 4 nitrogen and oxygen atoms in total. The summed E-state index contributed by atoms with van der Waals surface area (Å²) in [5.41, 5.74) is 3.08. The number of hydrogen-bond donors (Lipinski definition) is 1. The van der Waals surface area contributed by atoms with Gasteiger partial charge in [-0.3, -0.25) is 0 Å². The first-order valence-corrected chi connectivity index (χ1v) is 8.80. The van der Waals surface area contributed by atoms with Gasteiger partial charge in [-0.1, -0.05) is 11.8 Å². The van der Waals surface area contributed by atoms with E-state index in [1.807, 2.05) is 11.6 Å². The zero-order valence-corrected chi connectivity index (χ0v) is 13.3. The Morgan fingerprint density at radius 2 is 2.30 bits per heavy atom. The van der Waals surface area contributed by atoms with Gasteiger partial charge in [-0.05, 0) is 11.4 Å². The van der Waals surface area contributed by atoms with Gasteiger partial charge in [0.15, 0.2) is 5.16 Å². The Morgan fingerprint density at radius 1 is 1.40 bits per heavy atom. The van der Waals surface area contributed by atoms with Gasteiger partial charge in [0.2, 0.25) is 0 Å². The zero-order valence-electron chi connectivity index (χ0n) is 10.8. The van der Waals surface area contributed by atoms with E-state index < -0.39 is 0 Å². The molecule has 0 atom stereocenters. The van der Waals surface area contributed by atoms with Gasteiger partial charge in [0.25, 0.3) is 0 Å². The molecule has 0 unspecified atom stereocenters. The van der Waals surface area contributed by atoms with Gasteiger partial charge in [-0.25, -0.2) is 9.97 Å². The van der Waals surface area contributed by atoms with Gasteiger partial charge in [0, 0.05) is 29.1 Å². The average Bonchev–Trinajstić information content (AvgIpc) is 3.17. The molecule has 0 spiro atoms. The largest absolute Gasteiger partial charge is 0.390 e. The summed E-state index contributed by atoms with van der Waals surface area (Å²) < 4.78 is 1.91. The molecule has 0 saturated carbocycles. The highest BCUT2D eigenvalue weighted by Gasteiger charge is 2.09. The van der Waals surface area contributed by atoms with Crippen molar-refractivity contribution in [3.63, 3.8) is 0 Å². The summed E-state index contributed by atoms with van der Waals surface area (Å²) in [6.45, 7) is 0.0169. The lowest BCUT2D eigenvalue weighted by atomic mass is 10.4. The van der Waals surface area contributed by atoms with Crippen LogP contribution in [0.5, 0.6) is 0 Å². The number of imidazole rings is 1. The molecule has 0 radical (unpaired) electrons. The molecule has 7 heteroatoms. The van der Waals surface area contributed by atoms with E-state index >= 15 is 0 Å². The van der Waals surface area contributed by atoms with Crippen LogP contribution in [0.2, 0.25) is 0 Å². The van der Waals surface area contributed by atoms with Gasteiger partial charge in [-0.2, -0.15) is 11.3 Å². The van der Waals surface area contributed by atoms with Gasteiger partial charge in [-0.15, -0.1) is 11.3 Å². The van der Waals surface area contributed by atoms with Gasteiger partial charge in [0.1, 0.15) is 5.01 Å². The molecule has 104 valence electrons. The minimum Gasteiger partial charge on any atom is -0.390 e. The number of thiazole rings is 1. The van der Waals surface area contributed by atoms with Crippen molar-refractivity contribution in [2.45, 2.75) is 17.5 Å². The Morgan fingerprint density at radius 3 is 3.00 bits per heavy atom. The summed E-state index contributed by atoms with van der Waals surface area (Å²) in [4.78, 5) is 8.94. The first-order chi connectivity index (χ1) is 9.78. The van der Waals surface area contributed by atoms with Crippen LogP contribution < -0.4 is 0 Å². The molecular weight excluding hydrogens is 310 g/mol. The van der Waals surface area contributed by atoms with Gasteiger partial charge >= 0.3 is 0 Å². The fraction of sp³-hybridized carbons (Fsp3) is 0.231. The summed E-state index contributed by atoms with van der Waals surface area (Å²) in [6.07, 6.45) is 1.71. The summed E-state index contributed by atoms with van der Waals surface area (Å²) >= 11 is 4.99. The third-order valence-corrected chi connectivity index (χ3v) is 5.57. The molecule has 20 heavy (non-hydrogen) atoms. The number of aliphatic hydroxyl groups excluding tert-OH is 1. The van der Waals surface area contributed by atoms with Crippen LogP contribution in [0.25, 0.3) is 10.6 Å².